The van der Waals surface area contributed by atoms with Crippen molar-refractivity contribution in [2.45, 2.75) is 37.5 Å². The van der Waals surface area contributed by atoms with E-state index in [0.717, 1.165) is 12.0 Å². The van der Waals surface area contributed by atoms with E-state index in [-0.39, 0.29) is 16.5 Å². The van der Waals surface area contributed by atoms with E-state index < -0.39 is 5.54 Å². The van der Waals surface area contributed by atoms with Crippen LogP contribution in [0, 0.1) is 5.82 Å². The molecule has 0 aromatic heterocycles. The highest BCUT2D eigenvalue weighted by molar-refractivity contribution is 9.10. The van der Waals surface area contributed by atoms with Crippen LogP contribution < -0.4 is 5.32 Å². The quantitative estimate of drug-likeness (QED) is 0.677. The van der Waals surface area contributed by atoms with E-state index >= 15 is 0 Å². The van der Waals surface area contributed by atoms with E-state index in [0.29, 0.717) is 15.2 Å². The number of thioether (sulfide) groups is 1. The van der Waals surface area contributed by atoms with Gasteiger partial charge in [-0.05, 0) is 59.1 Å². The number of benzene rings is 2. The lowest BCUT2D eigenvalue weighted by molar-refractivity contribution is 0.0977. The molecule has 0 spiro atoms. The predicted molar refractivity (Wildman–Crippen MR) is 109 cm³/mol. The van der Waals surface area contributed by atoms with Crippen molar-refractivity contribution >= 4 is 38.8 Å². The maximum atomic E-state index is 13.6. The van der Waals surface area contributed by atoms with Crippen LogP contribution in [0.5, 0.6) is 0 Å². The minimum atomic E-state index is -0.551. The third-order valence-corrected chi connectivity index (χ3v) is 5.98. The molecule has 0 aliphatic carbocycles. The van der Waals surface area contributed by atoms with Gasteiger partial charge in [0.2, 0.25) is 0 Å². The molecule has 3 nitrogen and oxygen atoms in total. The number of amides is 1. The normalized spacial score (nSPS) is 21.8. The van der Waals surface area contributed by atoms with Crippen molar-refractivity contribution in [3.05, 3.63) is 69.9 Å². The van der Waals surface area contributed by atoms with Crippen LogP contribution in [-0.4, -0.2) is 15.8 Å². The number of halogens is 2. The molecular formula is C20H20BrFN2OS. The first-order valence-electron chi connectivity index (χ1n) is 8.29. The van der Waals surface area contributed by atoms with Gasteiger partial charge in [-0.15, -0.1) is 0 Å². The number of hydrogen-bond acceptors (Lipinski definition) is 3. The molecule has 0 radical (unpaired) electrons. The molecule has 136 valence electrons. The van der Waals surface area contributed by atoms with Crippen molar-refractivity contribution in [3.8, 4) is 0 Å². The number of carbonyl (C=O) groups is 1. The third-order valence-electron chi connectivity index (χ3n) is 4.29. The standard InChI is InChI=1S/C20H20BrFN2OS/c1-19(2)12-20(3,14-9-10-16(22)15(21)11-14)24-18(26-19)23-17(25)13-7-5-4-6-8-13/h4-11H,12H2,1-3H3,(H,23,24,25)/t20-/m0/s1. The van der Waals surface area contributed by atoms with Crippen LogP contribution in [0.3, 0.4) is 0 Å². The first-order valence-corrected chi connectivity index (χ1v) is 9.90. The summed E-state index contributed by atoms with van der Waals surface area (Å²) in [6.07, 6.45) is 0.771. The fourth-order valence-corrected chi connectivity index (χ4v) is 4.87. The van der Waals surface area contributed by atoms with Gasteiger partial charge in [0.1, 0.15) is 5.82 Å². The Morgan fingerprint density at radius 1 is 1.19 bits per heavy atom. The second-order valence-corrected chi connectivity index (χ2v) is 9.73. The molecule has 0 unspecified atom stereocenters. The highest BCUT2D eigenvalue weighted by Gasteiger charge is 2.40. The fraction of sp³-hybridized carbons (Fsp3) is 0.300. The van der Waals surface area contributed by atoms with Gasteiger partial charge < -0.3 is 5.32 Å². The zero-order valence-corrected chi connectivity index (χ0v) is 17.2. The average molecular weight is 435 g/mol. The summed E-state index contributed by atoms with van der Waals surface area (Å²) in [5, 5.41) is 3.51. The van der Waals surface area contributed by atoms with Crippen LogP contribution in [0.4, 0.5) is 4.39 Å². The molecule has 3 rings (SSSR count). The van der Waals surface area contributed by atoms with Crippen molar-refractivity contribution in [1.29, 1.82) is 0 Å². The lowest BCUT2D eigenvalue weighted by Gasteiger charge is -2.40. The number of nitrogens with zero attached hydrogens (tertiary/aromatic N) is 1. The summed E-state index contributed by atoms with van der Waals surface area (Å²) in [4.78, 5) is 17.3. The minimum Gasteiger partial charge on any atom is -0.301 e. The van der Waals surface area contributed by atoms with Crippen LogP contribution in [-0.2, 0) is 5.54 Å². The van der Waals surface area contributed by atoms with Gasteiger partial charge in [0.15, 0.2) is 5.17 Å². The molecule has 6 heteroatoms. The van der Waals surface area contributed by atoms with Crippen molar-refractivity contribution in [2.24, 2.45) is 4.99 Å². The summed E-state index contributed by atoms with van der Waals surface area (Å²) in [5.74, 6) is -0.486. The maximum absolute atomic E-state index is 13.6. The Morgan fingerprint density at radius 3 is 2.54 bits per heavy atom. The van der Waals surface area contributed by atoms with Crippen molar-refractivity contribution in [3.63, 3.8) is 0 Å². The molecule has 2 aromatic rings. The molecule has 1 aliphatic rings. The first kappa shape index (κ1) is 19.1. The number of amidine groups is 1. The Kier molecular flexibility index (Phi) is 5.26. The van der Waals surface area contributed by atoms with Crippen molar-refractivity contribution in [2.75, 3.05) is 0 Å². The van der Waals surface area contributed by atoms with Crippen molar-refractivity contribution < 1.29 is 9.18 Å². The monoisotopic (exact) mass is 434 g/mol. The van der Waals surface area contributed by atoms with Crippen LogP contribution in [0.25, 0.3) is 0 Å². The van der Waals surface area contributed by atoms with E-state index in [1.165, 1.54) is 6.07 Å². The minimum absolute atomic E-state index is 0.128. The van der Waals surface area contributed by atoms with E-state index in [1.54, 1.807) is 36.0 Å². The lowest BCUT2D eigenvalue weighted by Crippen LogP contribution is -2.41. The summed E-state index contributed by atoms with van der Waals surface area (Å²) in [7, 11) is 0. The van der Waals surface area contributed by atoms with Gasteiger partial charge >= 0.3 is 0 Å². The Bertz CT molecular complexity index is 869. The first-order chi connectivity index (χ1) is 12.2. The zero-order valence-electron chi connectivity index (χ0n) is 14.8. The second kappa shape index (κ2) is 7.16. The number of rotatable bonds is 2. The van der Waals surface area contributed by atoms with Gasteiger partial charge in [0, 0.05) is 10.3 Å². The van der Waals surface area contributed by atoms with Crippen LogP contribution in [0.15, 0.2) is 58.0 Å². The SMILES string of the molecule is CC1(C)C[C@@](C)(c2ccc(F)c(Br)c2)N=C(NC(=O)c2ccccc2)S1. The molecular weight excluding hydrogens is 415 g/mol. The van der Waals surface area contributed by atoms with Crippen LogP contribution >= 0.6 is 27.7 Å². The number of hydrogen-bond donors (Lipinski definition) is 1. The highest BCUT2D eigenvalue weighted by Crippen LogP contribution is 2.45. The van der Waals surface area contributed by atoms with E-state index in [1.807, 2.05) is 25.1 Å². The summed E-state index contributed by atoms with van der Waals surface area (Å²) in [6.45, 7) is 6.26. The molecule has 0 fully saturated rings. The Balaban J connectivity index is 1.94. The number of aliphatic imine (C=N–C) groups is 1. The van der Waals surface area contributed by atoms with Gasteiger partial charge in [-0.3, -0.25) is 9.79 Å². The highest BCUT2D eigenvalue weighted by atomic mass is 79.9. The fourth-order valence-electron chi connectivity index (χ4n) is 3.22. The summed E-state index contributed by atoms with van der Waals surface area (Å²) in [6, 6.07) is 14.0. The Labute approximate surface area is 165 Å². The maximum Gasteiger partial charge on any atom is 0.257 e. The predicted octanol–water partition coefficient (Wildman–Crippen LogP) is 5.50. The average Bonchev–Trinajstić information content (AvgIpc) is 2.56. The smallest absolute Gasteiger partial charge is 0.257 e. The summed E-state index contributed by atoms with van der Waals surface area (Å²) >= 11 is 4.80. The molecule has 1 N–H and O–H groups in total. The molecule has 1 heterocycles. The molecule has 2 aromatic carbocycles. The molecule has 1 atom stereocenters. The number of nitrogens with one attached hydrogen (secondary N) is 1. The molecule has 1 aliphatic heterocycles. The Hall–Kier alpha value is -1.66. The van der Waals surface area contributed by atoms with Gasteiger partial charge in [-0.2, -0.15) is 0 Å². The molecule has 0 saturated carbocycles. The van der Waals surface area contributed by atoms with Gasteiger partial charge in [0.05, 0.1) is 10.0 Å². The van der Waals surface area contributed by atoms with E-state index in [4.69, 9.17) is 4.99 Å². The van der Waals surface area contributed by atoms with Crippen LogP contribution in [0.2, 0.25) is 0 Å². The third kappa shape index (κ3) is 4.18. The second-order valence-electron chi connectivity index (χ2n) is 7.18. The number of carbonyl (C=O) groups excluding carboxylic acids is 1. The summed E-state index contributed by atoms with van der Waals surface area (Å²) in [5.41, 5.74) is 0.945. The van der Waals surface area contributed by atoms with E-state index in [2.05, 4.69) is 35.1 Å². The molecule has 26 heavy (non-hydrogen) atoms. The molecule has 0 bridgehead atoms. The topological polar surface area (TPSA) is 41.5 Å². The van der Waals surface area contributed by atoms with Gasteiger partial charge in [0.25, 0.3) is 5.91 Å². The van der Waals surface area contributed by atoms with Crippen LogP contribution in [0.1, 0.15) is 43.1 Å². The van der Waals surface area contributed by atoms with Gasteiger partial charge in [-0.1, -0.05) is 49.9 Å². The van der Waals surface area contributed by atoms with Crippen molar-refractivity contribution in [1.82, 2.24) is 5.32 Å². The van der Waals surface area contributed by atoms with Gasteiger partial charge in [-0.25, -0.2) is 4.39 Å². The molecule has 0 saturated heterocycles. The molecule has 1 amide bonds. The zero-order chi connectivity index (χ0) is 18.9. The Morgan fingerprint density at radius 2 is 1.88 bits per heavy atom. The van der Waals surface area contributed by atoms with E-state index in [9.17, 15) is 9.18 Å². The largest absolute Gasteiger partial charge is 0.301 e. The summed E-state index contributed by atoms with van der Waals surface area (Å²) < 4.78 is 13.9. The lowest BCUT2D eigenvalue weighted by atomic mass is 9.84.